The van der Waals surface area contributed by atoms with E-state index in [9.17, 15) is 30.0 Å². The van der Waals surface area contributed by atoms with Crippen molar-refractivity contribution in [1.82, 2.24) is 29.7 Å². The number of aliphatic hydroxyl groups excluding tert-OH is 4. The number of piperidine rings is 5. The lowest BCUT2D eigenvalue weighted by atomic mass is 9.72. The highest BCUT2D eigenvalue weighted by Crippen LogP contribution is 2.76. The number of ether oxygens (including phenoxy) is 6. The number of thioether (sulfide) groups is 2. The number of pyridine rings is 3. The minimum absolute atomic E-state index is 0.0365. The normalized spacial score (nSPS) is 30.6. The fourth-order valence-corrected chi connectivity index (χ4v) is 20.4. The standard InChI is InChI=1S/C74H88N6O12S2/c1-7-65(82)89-26-30-94-28-19-57-68-55(40-80-62(36-74(57,68)80)70(85)49-14-21-75-58-11-9-46(87-5)32-51(49)58)54-34-60-53(35-64(54)88-6)50(15-22-77-60)71(92-66(83)8-2)63-37-73-56(18-27-93-29-24-81)67(73)45(39-79(63)73)41-91-47-10-12-59-52(33-47)48(13-20-76-59)69(84)61-31-43-16-23-78(61)38-44(43)17-25-90-72(86)42(3)4/h7-15,20-22,32-35,43-45,55-57,61-63,66-71,81,83-85H,1-3,16-19,23-31,36-41H2,4-6H3. The van der Waals surface area contributed by atoms with Gasteiger partial charge in [-0.2, -0.15) is 23.5 Å². The zero-order valence-corrected chi connectivity index (χ0v) is 55.6. The molecule has 498 valence electrons. The molecule has 10 heterocycles. The van der Waals surface area contributed by atoms with Gasteiger partial charge in [0, 0.05) is 124 Å². The summed E-state index contributed by atoms with van der Waals surface area (Å²) < 4.78 is 36.5. The van der Waals surface area contributed by atoms with Crippen molar-refractivity contribution in [3.63, 3.8) is 0 Å². The fraction of sp³-hybridized carbons (Fsp3) is 0.527. The predicted octanol–water partition coefficient (Wildman–Crippen LogP) is 9.79. The molecular weight excluding hydrogens is 1230 g/mol. The first-order valence-electron chi connectivity index (χ1n) is 33.6. The summed E-state index contributed by atoms with van der Waals surface area (Å²) in [6, 6.07) is 21.9. The summed E-state index contributed by atoms with van der Waals surface area (Å²) >= 11 is 3.58. The van der Waals surface area contributed by atoms with Crippen LogP contribution in [0.1, 0.15) is 98.4 Å². The largest absolute Gasteiger partial charge is 0.497 e. The van der Waals surface area contributed by atoms with E-state index in [1.54, 1.807) is 57.1 Å². The Morgan fingerprint density at radius 3 is 2.03 bits per heavy atom. The molecule has 2 spiro atoms. The second-order valence-electron chi connectivity index (χ2n) is 27.4. The number of rotatable bonds is 31. The van der Waals surface area contributed by atoms with Gasteiger partial charge < -0.3 is 48.8 Å². The molecule has 2 aliphatic carbocycles. The number of nitrogens with zero attached hydrogens (tertiary/aromatic N) is 6. The van der Waals surface area contributed by atoms with Gasteiger partial charge in [0.25, 0.3) is 0 Å². The average Bonchev–Trinajstić information content (AvgIpc) is 1.48. The number of hydrogen-bond donors (Lipinski definition) is 4. The lowest BCUT2D eigenvalue weighted by Crippen LogP contribution is -2.60. The molecule has 18 nitrogen and oxygen atoms in total. The van der Waals surface area contributed by atoms with Gasteiger partial charge in [0.05, 0.1) is 62.8 Å². The van der Waals surface area contributed by atoms with Gasteiger partial charge >= 0.3 is 11.9 Å². The lowest BCUT2D eigenvalue weighted by Gasteiger charge is -2.52. The average molecular weight is 1320 g/mol. The van der Waals surface area contributed by atoms with Crippen LogP contribution in [0.2, 0.25) is 0 Å². The van der Waals surface area contributed by atoms with Crippen LogP contribution < -0.4 is 14.2 Å². The molecule has 15 rings (SSSR count). The Bertz CT molecular complexity index is 3860. The van der Waals surface area contributed by atoms with Gasteiger partial charge in [0.15, 0.2) is 6.29 Å². The number of benzene rings is 3. The van der Waals surface area contributed by atoms with Crippen LogP contribution in [0.3, 0.4) is 0 Å². The Kier molecular flexibility index (Phi) is 18.7. The summed E-state index contributed by atoms with van der Waals surface area (Å²) in [5, 5.41) is 48.5. The summed E-state index contributed by atoms with van der Waals surface area (Å²) in [5.74, 6) is 7.33. The first-order chi connectivity index (χ1) is 45.7. The maximum absolute atomic E-state index is 12.4. The van der Waals surface area contributed by atoms with E-state index in [0.717, 1.165) is 149 Å². The van der Waals surface area contributed by atoms with E-state index in [0.29, 0.717) is 78.2 Å². The van der Waals surface area contributed by atoms with Crippen molar-refractivity contribution in [2.75, 3.05) is 89.8 Å². The molecule has 18 unspecified atom stereocenters. The molecule has 0 radical (unpaired) electrons. The van der Waals surface area contributed by atoms with Crippen LogP contribution in [0.15, 0.2) is 123 Å². The SMILES string of the molecule is C=CC(=O)OCCSCCC1C2C(c3cc4nccc(C(OC(O)C=C)C5CC67C(CCSCCO)C6C(COc6ccc8nccc(C(O)C9CC%10CCN9CC%10CCOC(=O)C(=C)C)c8c6)CN57)c4cc3OC)CN3C(C(O)c4ccnc5ccc(OC)cc45)CC123. The maximum atomic E-state index is 12.4. The number of carbonyl (C=O) groups is 2. The summed E-state index contributed by atoms with van der Waals surface area (Å²) in [6.07, 6.45) is 11.3. The van der Waals surface area contributed by atoms with E-state index in [2.05, 4.69) is 57.6 Å². The van der Waals surface area contributed by atoms with Crippen LogP contribution in [0.5, 0.6) is 17.2 Å². The van der Waals surface area contributed by atoms with Crippen LogP contribution in [0, 0.1) is 41.4 Å². The minimum atomic E-state index is -1.23. The highest BCUT2D eigenvalue weighted by Gasteiger charge is 2.81. The van der Waals surface area contributed by atoms with E-state index in [-0.39, 0.29) is 53.6 Å². The van der Waals surface area contributed by atoms with E-state index >= 15 is 0 Å². The van der Waals surface area contributed by atoms with Crippen molar-refractivity contribution in [2.24, 2.45) is 41.4 Å². The van der Waals surface area contributed by atoms with Crippen molar-refractivity contribution in [3.05, 3.63) is 145 Å². The van der Waals surface area contributed by atoms with Crippen molar-refractivity contribution >= 4 is 68.2 Å². The van der Waals surface area contributed by atoms with Crippen LogP contribution in [-0.2, 0) is 23.8 Å². The second-order valence-corrected chi connectivity index (χ2v) is 29.9. The van der Waals surface area contributed by atoms with Crippen LogP contribution in [-0.4, -0.2) is 187 Å². The summed E-state index contributed by atoms with van der Waals surface area (Å²) in [4.78, 5) is 46.0. The Morgan fingerprint density at radius 1 is 0.702 bits per heavy atom. The molecule has 18 atom stereocenters. The predicted molar refractivity (Wildman–Crippen MR) is 364 cm³/mol. The topological polar surface area (TPSA) is 219 Å². The number of methoxy groups -OCH3 is 2. The second kappa shape index (κ2) is 27.0. The van der Waals surface area contributed by atoms with Crippen molar-refractivity contribution < 1.29 is 58.4 Å². The number of aromatic nitrogens is 3. The third-order valence-corrected chi connectivity index (χ3v) is 25.0. The summed E-state index contributed by atoms with van der Waals surface area (Å²) in [5.41, 5.74) is 6.39. The minimum Gasteiger partial charge on any atom is -0.497 e. The van der Waals surface area contributed by atoms with Gasteiger partial charge in [-0.3, -0.25) is 29.7 Å². The van der Waals surface area contributed by atoms with Gasteiger partial charge in [-0.25, -0.2) is 9.59 Å². The van der Waals surface area contributed by atoms with Gasteiger partial charge in [-0.1, -0.05) is 19.7 Å². The Morgan fingerprint density at radius 2 is 1.35 bits per heavy atom. The third kappa shape index (κ3) is 11.6. The van der Waals surface area contributed by atoms with Gasteiger partial charge in [-0.05, 0) is 195 Å². The highest BCUT2D eigenvalue weighted by molar-refractivity contribution is 7.99. The zero-order chi connectivity index (χ0) is 65.2. The monoisotopic (exact) mass is 1320 g/mol. The molecule has 4 N–H and O–H groups in total. The molecule has 7 aliphatic heterocycles. The summed E-state index contributed by atoms with van der Waals surface area (Å²) in [6.45, 7) is 17.5. The van der Waals surface area contributed by atoms with Crippen LogP contribution in [0.4, 0.5) is 0 Å². The van der Waals surface area contributed by atoms with E-state index in [1.807, 2.05) is 54.7 Å². The molecule has 7 saturated heterocycles. The van der Waals surface area contributed by atoms with Gasteiger partial charge in [-0.15, -0.1) is 0 Å². The van der Waals surface area contributed by atoms with Crippen molar-refractivity contribution in [1.29, 1.82) is 0 Å². The molecule has 2 saturated carbocycles. The number of carbonyl (C=O) groups excluding carboxylic acids is 2. The molecule has 2 bridgehead atoms. The van der Waals surface area contributed by atoms with Crippen LogP contribution >= 0.6 is 23.5 Å². The number of fused-ring (bicyclic) bond motifs is 6. The van der Waals surface area contributed by atoms with E-state index < -0.39 is 30.6 Å². The molecule has 6 aromatic rings. The Balaban J connectivity index is 0.709. The third-order valence-electron chi connectivity index (χ3n) is 23.1. The van der Waals surface area contributed by atoms with Gasteiger partial charge in [0.2, 0.25) is 0 Å². The van der Waals surface area contributed by atoms with Crippen molar-refractivity contribution in [2.45, 2.75) is 112 Å². The summed E-state index contributed by atoms with van der Waals surface area (Å²) in [7, 11) is 3.39. The van der Waals surface area contributed by atoms with Crippen LogP contribution in [0.25, 0.3) is 32.7 Å². The molecule has 20 heteroatoms. The number of aliphatic hydroxyl groups is 4. The Hall–Kier alpha value is -6.17. The first kappa shape index (κ1) is 65.1. The molecule has 9 aliphatic rings. The highest BCUT2D eigenvalue weighted by atomic mass is 32.2. The number of esters is 2. The molecule has 9 fully saturated rings. The molecular formula is C74H88N6O12S2. The zero-order valence-electron chi connectivity index (χ0n) is 54.0. The van der Waals surface area contributed by atoms with E-state index in [4.69, 9.17) is 38.4 Å². The first-order valence-corrected chi connectivity index (χ1v) is 35.9. The smallest absolute Gasteiger partial charge is 0.333 e. The van der Waals surface area contributed by atoms with Gasteiger partial charge in [0.1, 0.15) is 30.0 Å². The number of hydrogen-bond acceptors (Lipinski definition) is 20. The fourth-order valence-electron chi connectivity index (χ4n) is 18.9. The van der Waals surface area contributed by atoms with E-state index in [1.165, 1.54) is 12.2 Å². The lowest BCUT2D eigenvalue weighted by molar-refractivity contribution is -0.164. The quantitative estimate of drug-likeness (QED) is 0.0105. The molecule has 94 heavy (non-hydrogen) atoms. The Labute approximate surface area is 558 Å². The maximum Gasteiger partial charge on any atom is 0.333 e. The van der Waals surface area contributed by atoms with Crippen molar-refractivity contribution in [3.8, 4) is 17.2 Å². The molecule has 3 aromatic heterocycles. The molecule has 0 amide bonds. The molecule has 3 aromatic carbocycles.